The van der Waals surface area contributed by atoms with Gasteiger partial charge in [0.2, 0.25) is 0 Å². The quantitative estimate of drug-likeness (QED) is 0.439. The van der Waals surface area contributed by atoms with Crippen LogP contribution < -0.4 is 15.8 Å². The molecule has 1 amide bonds. The average molecular weight is 419 g/mol. The van der Waals surface area contributed by atoms with Gasteiger partial charge in [-0.25, -0.2) is 9.78 Å². The van der Waals surface area contributed by atoms with Crippen LogP contribution in [0.4, 0.5) is 11.4 Å². The Hall–Kier alpha value is -3.91. The highest BCUT2D eigenvalue weighted by molar-refractivity contribution is 7.21. The van der Waals surface area contributed by atoms with Crippen LogP contribution in [0.1, 0.15) is 20.0 Å². The maximum atomic E-state index is 12.8. The van der Waals surface area contributed by atoms with Crippen LogP contribution in [-0.2, 0) is 0 Å². The molecule has 4 N–H and O–H groups in total. The standard InChI is InChI=1S/C22H17N3O4S/c1-29-13-8-6-12(7-9-13)16-11-10-15-18(23)19(30-21(15)25-16)20(26)24-17-5-3-2-4-14(17)22(27)28/h2-11H,23H2,1H3,(H,24,26)(H,27,28). The molecule has 0 bridgehead atoms. The third kappa shape index (κ3) is 3.56. The van der Waals surface area contributed by atoms with Crippen LogP contribution in [0.3, 0.4) is 0 Å². The van der Waals surface area contributed by atoms with Gasteiger partial charge in [-0.05, 0) is 48.5 Å². The molecular weight excluding hydrogens is 402 g/mol. The summed E-state index contributed by atoms with van der Waals surface area (Å²) in [6.45, 7) is 0. The number of fused-ring (bicyclic) bond motifs is 1. The first-order chi connectivity index (χ1) is 14.5. The third-order valence-electron chi connectivity index (χ3n) is 4.59. The van der Waals surface area contributed by atoms with Crippen LogP contribution >= 0.6 is 11.3 Å². The molecule has 30 heavy (non-hydrogen) atoms. The van der Waals surface area contributed by atoms with Crippen molar-refractivity contribution in [1.29, 1.82) is 0 Å². The molecular formula is C22H17N3O4S. The number of hydrogen-bond acceptors (Lipinski definition) is 6. The van der Waals surface area contributed by atoms with Gasteiger partial charge in [0, 0.05) is 10.9 Å². The van der Waals surface area contributed by atoms with Gasteiger partial charge in [-0.1, -0.05) is 12.1 Å². The maximum Gasteiger partial charge on any atom is 0.337 e. The van der Waals surface area contributed by atoms with Gasteiger partial charge < -0.3 is 20.9 Å². The van der Waals surface area contributed by atoms with Gasteiger partial charge in [-0.2, -0.15) is 0 Å². The zero-order chi connectivity index (χ0) is 21.3. The lowest BCUT2D eigenvalue weighted by Gasteiger charge is -2.07. The lowest BCUT2D eigenvalue weighted by Crippen LogP contribution is -2.14. The predicted molar refractivity (Wildman–Crippen MR) is 117 cm³/mol. The molecule has 0 aliphatic rings. The number of amides is 1. The number of nitrogens with two attached hydrogens (primary N) is 1. The van der Waals surface area contributed by atoms with Crippen molar-refractivity contribution in [3.05, 3.63) is 71.1 Å². The number of aromatic nitrogens is 1. The number of thiophene rings is 1. The molecule has 8 heteroatoms. The number of carboxylic acid groups (broad SMARTS) is 1. The number of aromatic carboxylic acids is 1. The lowest BCUT2D eigenvalue weighted by atomic mass is 10.1. The summed E-state index contributed by atoms with van der Waals surface area (Å²) in [5, 5.41) is 12.6. The minimum Gasteiger partial charge on any atom is -0.497 e. The molecule has 4 aromatic rings. The van der Waals surface area contributed by atoms with Crippen LogP contribution in [0.25, 0.3) is 21.5 Å². The molecule has 0 aliphatic carbocycles. The van der Waals surface area contributed by atoms with Crippen molar-refractivity contribution in [2.24, 2.45) is 0 Å². The van der Waals surface area contributed by atoms with Crippen LogP contribution in [-0.4, -0.2) is 29.1 Å². The number of carbonyl (C=O) groups is 2. The third-order valence-corrected chi connectivity index (χ3v) is 5.71. The zero-order valence-corrected chi connectivity index (χ0v) is 16.7. The molecule has 0 saturated carbocycles. The SMILES string of the molecule is COc1ccc(-c2ccc3c(N)c(C(=O)Nc4ccccc4C(=O)O)sc3n2)cc1. The zero-order valence-electron chi connectivity index (χ0n) is 15.9. The highest BCUT2D eigenvalue weighted by Gasteiger charge is 2.20. The molecule has 0 aliphatic heterocycles. The number of methoxy groups -OCH3 is 1. The summed E-state index contributed by atoms with van der Waals surface area (Å²) < 4.78 is 5.18. The number of hydrogen-bond donors (Lipinski definition) is 3. The molecule has 2 aromatic carbocycles. The monoisotopic (exact) mass is 419 g/mol. The van der Waals surface area contributed by atoms with Crippen molar-refractivity contribution in [3.63, 3.8) is 0 Å². The van der Waals surface area contributed by atoms with Gasteiger partial charge in [-0.15, -0.1) is 11.3 Å². The molecule has 0 fully saturated rings. The smallest absolute Gasteiger partial charge is 0.337 e. The second kappa shape index (κ2) is 7.84. The summed E-state index contributed by atoms with van der Waals surface area (Å²) in [7, 11) is 1.61. The van der Waals surface area contributed by atoms with Crippen molar-refractivity contribution < 1.29 is 19.4 Å². The molecule has 0 saturated heterocycles. The first-order valence-corrected chi connectivity index (χ1v) is 9.76. The molecule has 0 unspecified atom stereocenters. The molecule has 2 aromatic heterocycles. The molecule has 7 nitrogen and oxygen atoms in total. The maximum absolute atomic E-state index is 12.8. The Bertz CT molecular complexity index is 1270. The van der Waals surface area contributed by atoms with Crippen LogP contribution in [0.15, 0.2) is 60.7 Å². The predicted octanol–water partition coefficient (Wildman–Crippen LogP) is 4.50. The van der Waals surface area contributed by atoms with Crippen molar-refractivity contribution in [1.82, 2.24) is 4.98 Å². The first kappa shape index (κ1) is 19.4. The van der Waals surface area contributed by atoms with E-state index in [-0.39, 0.29) is 16.1 Å². The number of nitrogens with zero attached hydrogens (tertiary/aromatic N) is 1. The van der Waals surface area contributed by atoms with E-state index in [4.69, 9.17) is 10.5 Å². The van der Waals surface area contributed by atoms with Gasteiger partial charge in [0.25, 0.3) is 5.91 Å². The van der Waals surface area contributed by atoms with Gasteiger partial charge in [0.05, 0.1) is 29.7 Å². The summed E-state index contributed by atoms with van der Waals surface area (Å²) >= 11 is 1.16. The highest BCUT2D eigenvalue weighted by atomic mass is 32.1. The topological polar surface area (TPSA) is 115 Å². The van der Waals surface area contributed by atoms with E-state index in [1.54, 1.807) is 19.2 Å². The molecule has 150 valence electrons. The van der Waals surface area contributed by atoms with E-state index in [9.17, 15) is 14.7 Å². The number of pyridine rings is 1. The minimum atomic E-state index is -1.12. The number of nitrogen functional groups attached to an aromatic ring is 1. The van der Waals surface area contributed by atoms with Gasteiger partial charge in [-0.3, -0.25) is 4.79 Å². The Morgan fingerprint density at radius 2 is 1.80 bits per heavy atom. The number of ether oxygens (including phenoxy) is 1. The van der Waals surface area contributed by atoms with Gasteiger partial charge >= 0.3 is 5.97 Å². The molecule has 4 rings (SSSR count). The molecule has 0 atom stereocenters. The average Bonchev–Trinajstić information content (AvgIpc) is 3.10. The Balaban J connectivity index is 1.67. The van der Waals surface area contributed by atoms with E-state index in [2.05, 4.69) is 10.3 Å². The fraction of sp³-hybridized carbons (Fsp3) is 0.0455. The lowest BCUT2D eigenvalue weighted by molar-refractivity contribution is 0.0698. The van der Waals surface area contributed by atoms with Crippen LogP contribution in [0.5, 0.6) is 5.75 Å². The summed E-state index contributed by atoms with van der Waals surface area (Å²) in [6, 6.07) is 17.4. The van der Waals surface area contributed by atoms with E-state index in [1.807, 2.05) is 36.4 Å². The Kier molecular flexibility index (Phi) is 5.07. The summed E-state index contributed by atoms with van der Waals surface area (Å²) in [5.41, 5.74) is 8.37. The van der Waals surface area contributed by atoms with E-state index in [0.717, 1.165) is 28.3 Å². The second-order valence-electron chi connectivity index (χ2n) is 6.43. The number of nitrogens with one attached hydrogen (secondary N) is 1. The second-order valence-corrected chi connectivity index (χ2v) is 7.43. The van der Waals surface area contributed by atoms with Crippen LogP contribution in [0, 0.1) is 0 Å². The minimum absolute atomic E-state index is 0.00505. The Morgan fingerprint density at radius 3 is 2.50 bits per heavy atom. The van der Waals surface area contributed by atoms with Crippen molar-refractivity contribution >= 4 is 44.8 Å². The normalized spacial score (nSPS) is 10.7. The Labute approximate surface area is 175 Å². The van der Waals surface area contributed by atoms with E-state index in [1.165, 1.54) is 12.1 Å². The van der Waals surface area contributed by atoms with Gasteiger partial charge in [0.15, 0.2) is 0 Å². The summed E-state index contributed by atoms with van der Waals surface area (Å²) in [5.74, 6) is -0.850. The number of para-hydroxylation sites is 1. The van der Waals surface area contributed by atoms with E-state index in [0.29, 0.717) is 15.9 Å². The highest BCUT2D eigenvalue weighted by Crippen LogP contribution is 2.35. The number of rotatable bonds is 5. The fourth-order valence-electron chi connectivity index (χ4n) is 3.05. The first-order valence-electron chi connectivity index (χ1n) is 8.95. The molecule has 0 radical (unpaired) electrons. The Morgan fingerprint density at radius 1 is 1.07 bits per heavy atom. The number of carboxylic acids is 1. The number of anilines is 2. The number of carbonyl (C=O) groups excluding carboxylic acids is 1. The molecule has 0 spiro atoms. The van der Waals surface area contributed by atoms with Crippen molar-refractivity contribution in [2.45, 2.75) is 0 Å². The van der Waals surface area contributed by atoms with E-state index >= 15 is 0 Å². The summed E-state index contributed by atoms with van der Waals surface area (Å²) in [4.78, 5) is 29.7. The number of benzene rings is 2. The molecule has 2 heterocycles. The largest absolute Gasteiger partial charge is 0.497 e. The van der Waals surface area contributed by atoms with Crippen LogP contribution in [0.2, 0.25) is 0 Å². The summed E-state index contributed by atoms with van der Waals surface area (Å²) in [6.07, 6.45) is 0. The van der Waals surface area contributed by atoms with Crippen molar-refractivity contribution in [3.8, 4) is 17.0 Å². The van der Waals surface area contributed by atoms with Crippen molar-refractivity contribution in [2.75, 3.05) is 18.2 Å². The van der Waals surface area contributed by atoms with E-state index < -0.39 is 11.9 Å². The van der Waals surface area contributed by atoms with Gasteiger partial charge in [0.1, 0.15) is 15.5 Å². The fourth-order valence-corrected chi connectivity index (χ4v) is 4.04.